The van der Waals surface area contributed by atoms with Crippen LogP contribution in [-0.2, 0) is 4.79 Å². The van der Waals surface area contributed by atoms with Crippen LogP contribution in [0.5, 0.6) is 0 Å². The van der Waals surface area contributed by atoms with Gasteiger partial charge >= 0.3 is 0 Å². The molecule has 2 aromatic rings. The van der Waals surface area contributed by atoms with Crippen molar-refractivity contribution >= 4 is 28.9 Å². The van der Waals surface area contributed by atoms with E-state index in [1.54, 1.807) is 0 Å². The van der Waals surface area contributed by atoms with Crippen molar-refractivity contribution in [2.45, 2.75) is 5.50 Å². The maximum atomic E-state index is 11.8. The summed E-state index contributed by atoms with van der Waals surface area (Å²) >= 11 is 6.01. The number of nitrogens with zero attached hydrogens (tertiary/aromatic N) is 1. The van der Waals surface area contributed by atoms with Crippen LogP contribution in [-0.4, -0.2) is 17.1 Å². The number of amides is 1. The van der Waals surface area contributed by atoms with Crippen LogP contribution >= 0.6 is 11.6 Å². The van der Waals surface area contributed by atoms with Gasteiger partial charge in [-0.2, -0.15) is 0 Å². The van der Waals surface area contributed by atoms with Crippen LogP contribution in [0.2, 0.25) is 0 Å². The molecule has 3 rings (SSSR count). The van der Waals surface area contributed by atoms with E-state index in [9.17, 15) is 4.79 Å². The van der Waals surface area contributed by atoms with Crippen LogP contribution < -0.4 is 5.32 Å². The van der Waals surface area contributed by atoms with Gasteiger partial charge in [-0.15, -0.1) is 0 Å². The minimum absolute atomic E-state index is 0.306. The van der Waals surface area contributed by atoms with E-state index >= 15 is 0 Å². The van der Waals surface area contributed by atoms with Crippen molar-refractivity contribution in [2.75, 3.05) is 5.32 Å². The van der Waals surface area contributed by atoms with E-state index in [0.29, 0.717) is 0 Å². The van der Waals surface area contributed by atoms with Gasteiger partial charge in [-0.05, 0) is 6.07 Å². The normalized spacial score (nSPS) is 18.1. The predicted molar refractivity (Wildman–Crippen MR) is 76.8 cm³/mol. The monoisotopic (exact) mass is 270 g/mol. The topological polar surface area (TPSA) is 41.5 Å². The summed E-state index contributed by atoms with van der Waals surface area (Å²) in [5.74, 6) is -0.306. The standard InChI is InChI=1S/C15H11ClN2O/c16-14-15(19)17-12-9-5-4-8-11(12)13(18-14)10-6-2-1-3-7-10/h1-9,14H,(H,17,19)/t14-/m1/s1. The lowest BCUT2D eigenvalue weighted by Gasteiger charge is -2.09. The third-order valence-corrected chi connectivity index (χ3v) is 3.24. The number of rotatable bonds is 1. The molecule has 1 aliphatic rings. The van der Waals surface area contributed by atoms with Crippen molar-refractivity contribution in [1.82, 2.24) is 0 Å². The van der Waals surface area contributed by atoms with Gasteiger partial charge in [-0.1, -0.05) is 60.1 Å². The van der Waals surface area contributed by atoms with Crippen molar-refractivity contribution < 1.29 is 4.79 Å². The number of carbonyl (C=O) groups is 1. The van der Waals surface area contributed by atoms with Gasteiger partial charge in [0.05, 0.1) is 11.4 Å². The first-order valence-corrected chi connectivity index (χ1v) is 6.37. The lowest BCUT2D eigenvalue weighted by molar-refractivity contribution is -0.115. The number of carbonyl (C=O) groups excluding carboxylic acids is 1. The summed E-state index contributed by atoms with van der Waals surface area (Å²) in [5, 5.41) is 2.79. The van der Waals surface area contributed by atoms with Crippen LogP contribution in [0.25, 0.3) is 0 Å². The van der Waals surface area contributed by atoms with E-state index in [1.165, 1.54) is 0 Å². The number of benzodiazepines with no additional fused rings is 1. The zero-order valence-electron chi connectivity index (χ0n) is 10.0. The van der Waals surface area contributed by atoms with Crippen LogP contribution in [0.4, 0.5) is 5.69 Å². The molecular weight excluding hydrogens is 260 g/mol. The lowest BCUT2D eigenvalue weighted by atomic mass is 10.0. The molecule has 1 amide bonds. The second-order valence-electron chi connectivity index (χ2n) is 4.21. The summed E-state index contributed by atoms with van der Waals surface area (Å²) in [6.07, 6.45) is 0. The molecule has 1 atom stereocenters. The van der Waals surface area contributed by atoms with E-state index in [1.807, 2.05) is 54.6 Å². The predicted octanol–water partition coefficient (Wildman–Crippen LogP) is 3.04. The minimum atomic E-state index is -0.914. The van der Waals surface area contributed by atoms with Crippen molar-refractivity contribution in [3.63, 3.8) is 0 Å². The summed E-state index contributed by atoms with van der Waals surface area (Å²) < 4.78 is 0. The van der Waals surface area contributed by atoms with E-state index in [-0.39, 0.29) is 5.91 Å². The Hall–Kier alpha value is -2.13. The highest BCUT2D eigenvalue weighted by molar-refractivity contribution is 6.35. The highest BCUT2D eigenvalue weighted by Gasteiger charge is 2.23. The average Bonchev–Trinajstić information content (AvgIpc) is 2.58. The van der Waals surface area contributed by atoms with Gasteiger partial charge in [-0.3, -0.25) is 9.79 Å². The van der Waals surface area contributed by atoms with Crippen LogP contribution in [0.1, 0.15) is 11.1 Å². The molecule has 3 nitrogen and oxygen atoms in total. The van der Waals surface area contributed by atoms with Gasteiger partial charge in [0.1, 0.15) is 0 Å². The van der Waals surface area contributed by atoms with Gasteiger partial charge in [-0.25, -0.2) is 0 Å². The maximum absolute atomic E-state index is 11.8. The number of para-hydroxylation sites is 1. The Kier molecular flexibility index (Phi) is 3.05. The van der Waals surface area contributed by atoms with E-state index in [4.69, 9.17) is 11.6 Å². The van der Waals surface area contributed by atoms with Gasteiger partial charge in [0.15, 0.2) is 0 Å². The molecule has 1 heterocycles. The minimum Gasteiger partial charge on any atom is -0.322 e. The van der Waals surface area contributed by atoms with Crippen molar-refractivity contribution in [3.05, 3.63) is 65.7 Å². The highest BCUT2D eigenvalue weighted by Crippen LogP contribution is 2.24. The molecule has 0 aliphatic carbocycles. The quantitative estimate of drug-likeness (QED) is 0.628. The molecule has 0 unspecified atom stereocenters. The first-order chi connectivity index (χ1) is 9.25. The zero-order chi connectivity index (χ0) is 13.2. The highest BCUT2D eigenvalue weighted by atomic mass is 35.5. The molecule has 0 bridgehead atoms. The van der Waals surface area contributed by atoms with Crippen LogP contribution in [0.3, 0.4) is 0 Å². The molecule has 0 radical (unpaired) electrons. The van der Waals surface area contributed by atoms with E-state index < -0.39 is 5.50 Å². The number of hydrogen-bond acceptors (Lipinski definition) is 2. The first-order valence-electron chi connectivity index (χ1n) is 5.93. The third kappa shape index (κ3) is 2.25. The number of hydrogen-bond donors (Lipinski definition) is 1. The Morgan fingerprint density at radius 1 is 1.00 bits per heavy atom. The fraction of sp³-hybridized carbons (Fsp3) is 0.0667. The van der Waals surface area contributed by atoms with Gasteiger partial charge in [0.2, 0.25) is 5.50 Å². The third-order valence-electron chi connectivity index (χ3n) is 2.95. The molecule has 0 spiro atoms. The summed E-state index contributed by atoms with van der Waals surface area (Å²) in [5.41, 5.74) is 2.37. The summed E-state index contributed by atoms with van der Waals surface area (Å²) in [7, 11) is 0. The molecule has 19 heavy (non-hydrogen) atoms. The number of anilines is 1. The summed E-state index contributed by atoms with van der Waals surface area (Å²) in [6, 6.07) is 17.3. The molecule has 4 heteroatoms. The maximum Gasteiger partial charge on any atom is 0.264 e. The van der Waals surface area contributed by atoms with Gasteiger partial charge in [0, 0.05) is 11.1 Å². The largest absolute Gasteiger partial charge is 0.322 e. The molecule has 0 saturated heterocycles. The van der Waals surface area contributed by atoms with Crippen LogP contribution in [0, 0.1) is 0 Å². The van der Waals surface area contributed by atoms with Crippen molar-refractivity contribution in [2.24, 2.45) is 4.99 Å². The smallest absolute Gasteiger partial charge is 0.264 e. The van der Waals surface area contributed by atoms with Crippen molar-refractivity contribution in [3.8, 4) is 0 Å². The second-order valence-corrected chi connectivity index (χ2v) is 4.63. The molecule has 2 aromatic carbocycles. The summed E-state index contributed by atoms with van der Waals surface area (Å²) in [6.45, 7) is 0. The summed E-state index contributed by atoms with van der Waals surface area (Å²) in [4.78, 5) is 16.1. The van der Waals surface area contributed by atoms with Gasteiger partial charge in [0.25, 0.3) is 5.91 Å². The fourth-order valence-corrected chi connectivity index (χ4v) is 2.21. The molecule has 0 fully saturated rings. The lowest BCUT2D eigenvalue weighted by Crippen LogP contribution is -2.20. The fourth-order valence-electron chi connectivity index (χ4n) is 2.06. The van der Waals surface area contributed by atoms with Crippen molar-refractivity contribution in [1.29, 1.82) is 0 Å². The first kappa shape index (κ1) is 11.9. The molecule has 0 aromatic heterocycles. The Morgan fingerprint density at radius 3 is 2.47 bits per heavy atom. The second kappa shape index (κ2) is 4.86. The molecule has 1 aliphatic heterocycles. The van der Waals surface area contributed by atoms with E-state index in [0.717, 1.165) is 22.5 Å². The number of halogens is 1. The number of aliphatic imine (C=N–C) groups is 1. The Balaban J connectivity index is 2.21. The van der Waals surface area contributed by atoms with Gasteiger partial charge < -0.3 is 5.32 Å². The number of benzene rings is 2. The van der Waals surface area contributed by atoms with Crippen LogP contribution in [0.15, 0.2) is 59.6 Å². The van der Waals surface area contributed by atoms with E-state index in [2.05, 4.69) is 10.3 Å². The number of fused-ring (bicyclic) bond motifs is 1. The molecule has 0 saturated carbocycles. The molecular formula is C15H11ClN2O. The Labute approximate surface area is 115 Å². The SMILES string of the molecule is O=C1Nc2ccccc2C(c2ccccc2)=N[C@H]1Cl. The Morgan fingerprint density at radius 2 is 1.68 bits per heavy atom. The zero-order valence-corrected chi connectivity index (χ0v) is 10.8. The average molecular weight is 271 g/mol. The Bertz CT molecular complexity index is 652. The number of alkyl halides is 1. The molecule has 1 N–H and O–H groups in total. The molecule has 94 valence electrons. The number of nitrogens with one attached hydrogen (secondary N) is 1.